The third-order valence-electron chi connectivity index (χ3n) is 3.77. The van der Waals surface area contributed by atoms with Gasteiger partial charge in [0.25, 0.3) is 0 Å². The predicted molar refractivity (Wildman–Crippen MR) is 93.5 cm³/mol. The topological polar surface area (TPSA) is 47.9 Å². The molecule has 0 saturated heterocycles. The van der Waals surface area contributed by atoms with Crippen molar-refractivity contribution in [3.8, 4) is 17.3 Å². The largest absolute Gasteiger partial charge is 0.490 e. The Morgan fingerprint density at radius 3 is 2.22 bits per heavy atom. The van der Waals surface area contributed by atoms with Gasteiger partial charge in [0.05, 0.1) is 19.0 Å². The maximum atomic E-state index is 5.63. The minimum Gasteiger partial charge on any atom is -0.490 e. The highest BCUT2D eigenvalue weighted by Crippen LogP contribution is 2.16. The number of aromatic nitrogens is 3. The van der Waals surface area contributed by atoms with E-state index in [1.54, 1.807) is 12.4 Å². The number of pyridine rings is 1. The van der Waals surface area contributed by atoms with Crippen LogP contribution in [0.4, 0.5) is 0 Å². The molecule has 0 aliphatic carbocycles. The third kappa shape index (κ3) is 5.97. The van der Waals surface area contributed by atoms with Crippen molar-refractivity contribution >= 4 is 0 Å². The van der Waals surface area contributed by atoms with Crippen LogP contribution in [-0.4, -0.2) is 21.6 Å². The predicted octanol–water partition coefficient (Wildman–Crippen LogP) is 4.84. The lowest BCUT2D eigenvalue weighted by Gasteiger charge is -2.06. The molecule has 0 aromatic carbocycles. The van der Waals surface area contributed by atoms with Gasteiger partial charge in [0.1, 0.15) is 5.69 Å². The van der Waals surface area contributed by atoms with E-state index in [-0.39, 0.29) is 0 Å². The van der Waals surface area contributed by atoms with E-state index >= 15 is 0 Å². The molecule has 2 aromatic rings. The fraction of sp³-hybridized carbons (Fsp3) is 0.526. The molecule has 0 atom stereocenters. The van der Waals surface area contributed by atoms with Crippen LogP contribution in [0.3, 0.4) is 0 Å². The normalized spacial score (nSPS) is 10.7. The van der Waals surface area contributed by atoms with E-state index in [2.05, 4.69) is 34.9 Å². The van der Waals surface area contributed by atoms with Crippen molar-refractivity contribution in [1.82, 2.24) is 15.0 Å². The van der Waals surface area contributed by atoms with Crippen molar-refractivity contribution in [2.24, 2.45) is 0 Å². The second kappa shape index (κ2) is 9.93. The molecule has 0 saturated carbocycles. The molecule has 2 rings (SSSR count). The monoisotopic (exact) mass is 313 g/mol. The van der Waals surface area contributed by atoms with Gasteiger partial charge in [0.2, 0.25) is 0 Å². The summed E-state index contributed by atoms with van der Waals surface area (Å²) in [6.07, 6.45) is 13.7. The van der Waals surface area contributed by atoms with Crippen LogP contribution in [0, 0.1) is 0 Å². The zero-order valence-electron chi connectivity index (χ0n) is 14.3. The van der Waals surface area contributed by atoms with E-state index in [1.807, 2.05) is 12.3 Å². The minimum atomic E-state index is 0.644. The summed E-state index contributed by atoms with van der Waals surface area (Å²) in [4.78, 5) is 13.2. The molecule has 0 aliphatic rings. The van der Waals surface area contributed by atoms with Crippen molar-refractivity contribution in [3.05, 3.63) is 36.3 Å². The van der Waals surface area contributed by atoms with Crippen LogP contribution < -0.4 is 4.74 Å². The first kappa shape index (κ1) is 17.4. The number of hydrogen-bond acceptors (Lipinski definition) is 4. The van der Waals surface area contributed by atoms with Gasteiger partial charge >= 0.3 is 0 Å². The van der Waals surface area contributed by atoms with E-state index in [0.717, 1.165) is 30.9 Å². The van der Waals surface area contributed by atoms with Gasteiger partial charge in [0.15, 0.2) is 11.6 Å². The zero-order valence-corrected chi connectivity index (χ0v) is 14.3. The Bertz CT molecular complexity index is 552. The average Bonchev–Trinajstić information content (AvgIpc) is 2.60. The van der Waals surface area contributed by atoms with Gasteiger partial charge in [0, 0.05) is 6.20 Å². The summed E-state index contributed by atoms with van der Waals surface area (Å²) < 4.78 is 5.63. The summed E-state index contributed by atoms with van der Waals surface area (Å²) in [6.45, 7) is 5.12. The summed E-state index contributed by atoms with van der Waals surface area (Å²) in [6, 6.07) is 4.12. The molecule has 124 valence electrons. The van der Waals surface area contributed by atoms with E-state index in [0.29, 0.717) is 5.82 Å². The fourth-order valence-corrected chi connectivity index (χ4v) is 2.35. The molecule has 4 nitrogen and oxygen atoms in total. The van der Waals surface area contributed by atoms with Crippen LogP contribution in [0.2, 0.25) is 0 Å². The van der Waals surface area contributed by atoms with Crippen molar-refractivity contribution < 1.29 is 4.74 Å². The van der Waals surface area contributed by atoms with Crippen molar-refractivity contribution in [3.63, 3.8) is 0 Å². The number of hydrogen-bond donors (Lipinski definition) is 0. The lowest BCUT2D eigenvalue weighted by Crippen LogP contribution is -1.99. The molecule has 2 aromatic heterocycles. The van der Waals surface area contributed by atoms with Gasteiger partial charge in [-0.05, 0) is 30.9 Å². The van der Waals surface area contributed by atoms with Gasteiger partial charge in [-0.1, -0.05) is 45.6 Å². The van der Waals surface area contributed by atoms with Crippen LogP contribution in [0.5, 0.6) is 5.75 Å². The minimum absolute atomic E-state index is 0.644. The van der Waals surface area contributed by atoms with Crippen LogP contribution >= 0.6 is 0 Å². The van der Waals surface area contributed by atoms with Crippen LogP contribution in [0.15, 0.2) is 30.7 Å². The Labute approximate surface area is 139 Å². The fourth-order valence-electron chi connectivity index (χ4n) is 2.35. The van der Waals surface area contributed by atoms with Crippen LogP contribution in [-0.2, 0) is 6.42 Å². The molecule has 4 heteroatoms. The summed E-state index contributed by atoms with van der Waals surface area (Å²) in [5.74, 6) is 1.37. The summed E-state index contributed by atoms with van der Waals surface area (Å²) in [5, 5.41) is 0. The number of rotatable bonds is 10. The molecular weight excluding hydrogens is 286 g/mol. The smallest absolute Gasteiger partial charge is 0.178 e. The Kier molecular flexibility index (Phi) is 7.50. The maximum Gasteiger partial charge on any atom is 0.178 e. The molecule has 0 aliphatic heterocycles. The molecule has 0 N–H and O–H groups in total. The summed E-state index contributed by atoms with van der Waals surface area (Å²) in [7, 11) is 0. The van der Waals surface area contributed by atoms with E-state index in [1.165, 1.54) is 37.7 Å². The van der Waals surface area contributed by atoms with Gasteiger partial charge in [-0.2, -0.15) is 0 Å². The highest BCUT2D eigenvalue weighted by Gasteiger charge is 2.04. The molecule has 0 radical (unpaired) electrons. The molecule has 0 bridgehead atoms. The second-order valence-electron chi connectivity index (χ2n) is 5.81. The Balaban J connectivity index is 1.88. The Morgan fingerprint density at radius 1 is 0.826 bits per heavy atom. The SMILES string of the molecule is CCCCCOc1cnc(-c2ccc(CCCCC)cn2)nc1. The molecule has 0 spiro atoms. The molecule has 2 heterocycles. The molecule has 0 unspecified atom stereocenters. The molecule has 0 amide bonds. The first-order valence-electron chi connectivity index (χ1n) is 8.73. The highest BCUT2D eigenvalue weighted by molar-refractivity contribution is 5.49. The lowest BCUT2D eigenvalue weighted by atomic mass is 10.1. The van der Waals surface area contributed by atoms with Gasteiger partial charge in [-0.15, -0.1) is 0 Å². The van der Waals surface area contributed by atoms with Gasteiger partial charge < -0.3 is 4.74 Å². The average molecular weight is 313 g/mol. The third-order valence-corrected chi connectivity index (χ3v) is 3.77. The van der Waals surface area contributed by atoms with Crippen molar-refractivity contribution in [2.75, 3.05) is 6.61 Å². The first-order chi connectivity index (χ1) is 11.3. The maximum absolute atomic E-state index is 5.63. The number of unbranched alkanes of at least 4 members (excludes halogenated alkanes) is 4. The summed E-state index contributed by atoms with van der Waals surface area (Å²) >= 11 is 0. The highest BCUT2D eigenvalue weighted by atomic mass is 16.5. The quantitative estimate of drug-likeness (QED) is 0.589. The van der Waals surface area contributed by atoms with Crippen molar-refractivity contribution in [1.29, 1.82) is 0 Å². The zero-order chi connectivity index (χ0) is 16.3. The Hall–Kier alpha value is -1.97. The number of nitrogens with zero attached hydrogens (tertiary/aromatic N) is 3. The van der Waals surface area contributed by atoms with Crippen LogP contribution in [0.25, 0.3) is 11.5 Å². The number of aryl methyl sites for hydroxylation is 1. The molecule has 23 heavy (non-hydrogen) atoms. The first-order valence-corrected chi connectivity index (χ1v) is 8.73. The Morgan fingerprint density at radius 2 is 1.57 bits per heavy atom. The second-order valence-corrected chi connectivity index (χ2v) is 5.81. The van der Waals surface area contributed by atoms with E-state index < -0.39 is 0 Å². The van der Waals surface area contributed by atoms with E-state index in [9.17, 15) is 0 Å². The molecular formula is C19H27N3O. The lowest BCUT2D eigenvalue weighted by molar-refractivity contribution is 0.304. The van der Waals surface area contributed by atoms with Crippen LogP contribution in [0.1, 0.15) is 57.9 Å². The van der Waals surface area contributed by atoms with Gasteiger partial charge in [-0.25, -0.2) is 9.97 Å². The molecule has 0 fully saturated rings. The van der Waals surface area contributed by atoms with Gasteiger partial charge in [-0.3, -0.25) is 4.98 Å². The van der Waals surface area contributed by atoms with Crippen molar-refractivity contribution in [2.45, 2.75) is 58.8 Å². The summed E-state index contributed by atoms with van der Waals surface area (Å²) in [5.41, 5.74) is 2.08. The standard InChI is InChI=1S/C19H27N3O/c1-3-5-7-9-16-10-11-18(20-13-16)19-21-14-17(15-22-19)23-12-8-6-4-2/h10-11,13-15H,3-9,12H2,1-2H3. The number of ether oxygens (including phenoxy) is 1. The van der Waals surface area contributed by atoms with E-state index in [4.69, 9.17) is 4.74 Å².